The monoisotopic (exact) mass is 566 g/mol. The molecule has 5 rings (SSSR count). The number of nitrogens with zero attached hydrogens (tertiary/aromatic N) is 1. The quantitative estimate of drug-likeness (QED) is 0.364. The van der Waals surface area contributed by atoms with Gasteiger partial charge in [0, 0.05) is 34.5 Å². The first kappa shape index (κ1) is 24.6. The molecule has 0 atom stereocenters. The number of rotatable bonds is 6. The number of allylic oxidation sites excluding steroid dienone is 2. The zero-order valence-corrected chi connectivity index (χ0v) is 22.1. The second-order valence-corrected chi connectivity index (χ2v) is 11.4. The van der Waals surface area contributed by atoms with E-state index in [2.05, 4.69) is 43.8 Å². The number of benzene rings is 3. The summed E-state index contributed by atoms with van der Waals surface area (Å²) in [5.41, 5.74) is 5.46. The zero-order chi connectivity index (χ0) is 25.1. The van der Waals surface area contributed by atoms with E-state index in [-0.39, 0.29) is 10.6 Å². The van der Waals surface area contributed by atoms with E-state index in [1.54, 1.807) is 48.5 Å². The van der Waals surface area contributed by atoms with Crippen molar-refractivity contribution >= 4 is 43.3 Å². The molecule has 3 aromatic carbocycles. The van der Waals surface area contributed by atoms with Crippen molar-refractivity contribution in [1.29, 1.82) is 0 Å². The van der Waals surface area contributed by atoms with Gasteiger partial charge in [-0.25, -0.2) is 8.42 Å². The molecular weight excluding hydrogens is 540 g/mol. The number of phenols is 1. The number of hydrogen-bond donors (Lipinski definition) is 2. The van der Waals surface area contributed by atoms with E-state index >= 15 is 0 Å². The highest BCUT2D eigenvalue weighted by molar-refractivity contribution is 9.10. The van der Waals surface area contributed by atoms with Crippen molar-refractivity contribution in [2.75, 3.05) is 31.0 Å². The van der Waals surface area contributed by atoms with Gasteiger partial charge in [-0.3, -0.25) is 4.72 Å². The summed E-state index contributed by atoms with van der Waals surface area (Å²) >= 11 is 3.49. The highest BCUT2D eigenvalue weighted by Crippen LogP contribution is 2.44. The van der Waals surface area contributed by atoms with Crippen molar-refractivity contribution in [3.8, 4) is 5.75 Å². The second-order valence-electron chi connectivity index (χ2n) is 8.80. The van der Waals surface area contributed by atoms with Gasteiger partial charge in [0.15, 0.2) is 0 Å². The normalized spacial score (nSPS) is 17.6. The van der Waals surface area contributed by atoms with Gasteiger partial charge in [-0.2, -0.15) is 0 Å². The van der Waals surface area contributed by atoms with Crippen molar-refractivity contribution in [2.45, 2.75) is 17.7 Å². The van der Waals surface area contributed by atoms with Crippen LogP contribution in [0.4, 0.5) is 5.69 Å². The molecule has 2 N–H and O–H groups in total. The lowest BCUT2D eigenvalue weighted by molar-refractivity contribution is 0.0553. The van der Waals surface area contributed by atoms with Gasteiger partial charge in [0.2, 0.25) is 0 Å². The van der Waals surface area contributed by atoms with Crippen LogP contribution in [0.25, 0.3) is 11.6 Å². The number of hydrogen-bond acceptors (Lipinski definition) is 5. The lowest BCUT2D eigenvalue weighted by Crippen LogP contribution is -2.36. The first-order valence-electron chi connectivity index (χ1n) is 11.8. The number of phenolic OH excluding ortho intramolecular Hbond substituents is 1. The summed E-state index contributed by atoms with van der Waals surface area (Å²) in [6.45, 7) is 2.81. The van der Waals surface area contributed by atoms with E-state index in [0.29, 0.717) is 24.5 Å². The minimum atomic E-state index is -3.75. The van der Waals surface area contributed by atoms with E-state index in [1.807, 2.05) is 12.1 Å². The molecule has 0 aromatic heterocycles. The molecule has 1 fully saturated rings. The molecule has 0 radical (unpaired) electrons. The summed E-state index contributed by atoms with van der Waals surface area (Å²) in [4.78, 5) is 2.50. The van der Waals surface area contributed by atoms with E-state index in [0.717, 1.165) is 47.2 Å². The lowest BCUT2D eigenvalue weighted by Gasteiger charge is -2.32. The van der Waals surface area contributed by atoms with Gasteiger partial charge in [-0.1, -0.05) is 46.3 Å². The molecule has 36 heavy (non-hydrogen) atoms. The summed E-state index contributed by atoms with van der Waals surface area (Å²) in [5, 5.41) is 10.9. The molecule has 1 saturated heterocycles. The standard InChI is InChI=1S/C28H27BrN2O4S/c29-22-9-6-20(7-10-22)18-21-8-12-25(28(21)31-14-16-35-17-15-31)26-19-23(11-13-27(26)32)30-36(33,34)24-4-2-1-3-5-24/h1-7,9-11,13,18-19,30,32H,8,12,14-17H2. The summed E-state index contributed by atoms with van der Waals surface area (Å²) < 4.78 is 35.1. The van der Waals surface area contributed by atoms with Crippen molar-refractivity contribution in [3.63, 3.8) is 0 Å². The topological polar surface area (TPSA) is 78.9 Å². The number of nitrogens with one attached hydrogen (secondary N) is 1. The first-order chi connectivity index (χ1) is 17.4. The molecule has 1 aliphatic heterocycles. The van der Waals surface area contributed by atoms with Gasteiger partial charge in [-0.15, -0.1) is 0 Å². The van der Waals surface area contributed by atoms with E-state index in [9.17, 15) is 13.5 Å². The fraction of sp³-hybridized carbons (Fsp3) is 0.214. The third-order valence-corrected chi connectivity index (χ3v) is 8.33. The van der Waals surface area contributed by atoms with E-state index in [1.165, 1.54) is 5.57 Å². The number of anilines is 1. The van der Waals surface area contributed by atoms with Gasteiger partial charge in [0.05, 0.1) is 18.1 Å². The third kappa shape index (κ3) is 5.36. The van der Waals surface area contributed by atoms with Crippen LogP contribution >= 0.6 is 15.9 Å². The van der Waals surface area contributed by atoms with Crippen LogP contribution < -0.4 is 4.72 Å². The molecule has 3 aromatic rings. The molecule has 2 aliphatic rings. The molecule has 0 saturated carbocycles. The van der Waals surface area contributed by atoms with Crippen LogP contribution in [0.2, 0.25) is 0 Å². The number of ether oxygens (including phenoxy) is 1. The molecule has 0 bridgehead atoms. The van der Waals surface area contributed by atoms with Crippen LogP contribution in [0.15, 0.2) is 93.4 Å². The number of sulfonamides is 1. The molecule has 1 aliphatic carbocycles. The van der Waals surface area contributed by atoms with Gasteiger partial charge in [-0.05, 0) is 78.1 Å². The lowest BCUT2D eigenvalue weighted by atomic mass is 10.0. The van der Waals surface area contributed by atoms with Crippen LogP contribution in [0, 0.1) is 0 Å². The first-order valence-corrected chi connectivity index (χ1v) is 14.1. The Kier molecular flexibility index (Phi) is 7.18. The van der Waals surface area contributed by atoms with Crippen LogP contribution in [0.1, 0.15) is 24.0 Å². The average Bonchev–Trinajstić information content (AvgIpc) is 3.30. The Hall–Kier alpha value is -3.07. The van der Waals surface area contributed by atoms with E-state index in [4.69, 9.17) is 4.74 Å². The summed E-state index contributed by atoms with van der Waals surface area (Å²) in [6, 6.07) is 21.3. The molecule has 0 unspecified atom stereocenters. The van der Waals surface area contributed by atoms with Crippen LogP contribution in [0.5, 0.6) is 5.75 Å². The molecule has 8 heteroatoms. The number of morpholine rings is 1. The van der Waals surface area contributed by atoms with Crippen LogP contribution in [-0.2, 0) is 14.8 Å². The Balaban J connectivity index is 1.55. The fourth-order valence-electron chi connectivity index (χ4n) is 4.69. The predicted octanol–water partition coefficient (Wildman–Crippen LogP) is 5.88. The number of halogens is 1. The molecule has 0 amide bonds. The summed E-state index contributed by atoms with van der Waals surface area (Å²) in [6.07, 6.45) is 3.78. The van der Waals surface area contributed by atoms with Crippen molar-refractivity contribution in [2.24, 2.45) is 0 Å². The SMILES string of the molecule is O=S(=O)(Nc1ccc(O)c(C2=C(N3CCOCC3)C(=Cc3ccc(Br)cc3)CC2)c1)c1ccccc1. The largest absolute Gasteiger partial charge is 0.507 e. The summed E-state index contributed by atoms with van der Waals surface area (Å²) in [7, 11) is -3.75. The van der Waals surface area contributed by atoms with Gasteiger partial charge in [0.1, 0.15) is 5.75 Å². The van der Waals surface area contributed by atoms with Crippen molar-refractivity contribution < 1.29 is 18.3 Å². The van der Waals surface area contributed by atoms with Gasteiger partial charge < -0.3 is 14.7 Å². The van der Waals surface area contributed by atoms with Crippen LogP contribution in [-0.4, -0.2) is 44.7 Å². The molecule has 1 heterocycles. The Labute approximate surface area is 220 Å². The van der Waals surface area contributed by atoms with Crippen molar-refractivity contribution in [3.05, 3.63) is 99.7 Å². The second kappa shape index (κ2) is 10.5. The van der Waals surface area contributed by atoms with Gasteiger partial charge >= 0.3 is 0 Å². The third-order valence-electron chi connectivity index (χ3n) is 6.40. The van der Waals surface area contributed by atoms with Crippen molar-refractivity contribution in [1.82, 2.24) is 4.90 Å². The molecule has 186 valence electrons. The Morgan fingerprint density at radius 1 is 0.944 bits per heavy atom. The average molecular weight is 568 g/mol. The Morgan fingerprint density at radius 3 is 2.39 bits per heavy atom. The van der Waals surface area contributed by atoms with Crippen LogP contribution in [0.3, 0.4) is 0 Å². The highest BCUT2D eigenvalue weighted by atomic mass is 79.9. The highest BCUT2D eigenvalue weighted by Gasteiger charge is 2.28. The minimum Gasteiger partial charge on any atom is -0.507 e. The molecule has 0 spiro atoms. The maximum Gasteiger partial charge on any atom is 0.261 e. The minimum absolute atomic E-state index is 0.128. The zero-order valence-electron chi connectivity index (χ0n) is 19.7. The maximum atomic E-state index is 12.9. The molecular formula is C28H27BrN2O4S. The maximum absolute atomic E-state index is 12.9. The van der Waals surface area contributed by atoms with Gasteiger partial charge in [0.25, 0.3) is 10.0 Å². The predicted molar refractivity (Wildman–Crippen MR) is 146 cm³/mol. The van der Waals surface area contributed by atoms with E-state index < -0.39 is 10.0 Å². The fourth-order valence-corrected chi connectivity index (χ4v) is 6.02. The Morgan fingerprint density at radius 2 is 1.67 bits per heavy atom. The summed E-state index contributed by atoms with van der Waals surface area (Å²) in [5.74, 6) is 0.128. The Bertz CT molecular complexity index is 1410. The molecule has 6 nitrogen and oxygen atoms in total. The smallest absolute Gasteiger partial charge is 0.261 e. The number of aromatic hydroxyl groups is 1.